The second-order valence-electron chi connectivity index (χ2n) is 6.22. The number of benzene rings is 1. The molecule has 1 heterocycles. The summed E-state index contributed by atoms with van der Waals surface area (Å²) in [5.41, 5.74) is 1.02. The molecule has 6 heteroatoms. The summed E-state index contributed by atoms with van der Waals surface area (Å²) in [6.45, 7) is 8.24. The van der Waals surface area contributed by atoms with Gasteiger partial charge >= 0.3 is 0 Å². The summed E-state index contributed by atoms with van der Waals surface area (Å²) in [6.07, 6.45) is 0. The summed E-state index contributed by atoms with van der Waals surface area (Å²) in [6, 6.07) is 11.1. The second-order valence-corrected chi connectivity index (χ2v) is 12.1. The highest BCUT2D eigenvalue weighted by Crippen LogP contribution is 2.19. The van der Waals surface area contributed by atoms with Crippen LogP contribution >= 0.6 is 11.6 Å². The molecule has 1 aromatic heterocycles. The number of hydrogen-bond acceptors (Lipinski definition) is 3. The first-order chi connectivity index (χ1) is 10.0. The Kier molecular flexibility index (Phi) is 5.55. The third kappa shape index (κ3) is 4.66. The number of nitrogens with zero attached hydrogens (tertiary/aromatic N) is 3. The SMILES string of the molecule is C[Si](C)(C)CCOCn1c(CCl)nnc1-c1ccccc1. The standard InChI is InChI=1S/C15H22ClN3OSi/c1-21(2,3)10-9-20-12-19-14(11-16)17-18-15(19)13-7-5-4-6-8-13/h4-8H,9-12H2,1-3H3. The predicted octanol–water partition coefficient (Wildman–Crippen LogP) is 4.00. The van der Waals surface area contributed by atoms with Crippen molar-refractivity contribution in [2.45, 2.75) is 38.3 Å². The van der Waals surface area contributed by atoms with Gasteiger partial charge in [0.15, 0.2) is 5.82 Å². The zero-order chi connectivity index (χ0) is 15.3. The van der Waals surface area contributed by atoms with E-state index in [1.54, 1.807) is 0 Å². The average Bonchev–Trinajstić information content (AvgIpc) is 2.86. The van der Waals surface area contributed by atoms with E-state index < -0.39 is 8.07 Å². The van der Waals surface area contributed by atoms with Gasteiger partial charge in [0.05, 0.1) is 5.88 Å². The van der Waals surface area contributed by atoms with Crippen molar-refractivity contribution in [3.05, 3.63) is 36.2 Å². The average molecular weight is 324 g/mol. The van der Waals surface area contributed by atoms with E-state index in [1.165, 1.54) is 0 Å². The van der Waals surface area contributed by atoms with Crippen molar-refractivity contribution in [3.8, 4) is 11.4 Å². The van der Waals surface area contributed by atoms with Crippen LogP contribution in [0.3, 0.4) is 0 Å². The third-order valence-corrected chi connectivity index (χ3v) is 5.14. The van der Waals surface area contributed by atoms with Crippen LogP contribution in [-0.2, 0) is 17.3 Å². The topological polar surface area (TPSA) is 39.9 Å². The molecule has 0 aliphatic carbocycles. The van der Waals surface area contributed by atoms with Crippen molar-refractivity contribution in [2.24, 2.45) is 0 Å². The fraction of sp³-hybridized carbons (Fsp3) is 0.467. The molecule has 0 fully saturated rings. The van der Waals surface area contributed by atoms with Crippen LogP contribution in [0, 0.1) is 0 Å². The third-order valence-electron chi connectivity index (χ3n) is 3.20. The number of halogens is 1. The van der Waals surface area contributed by atoms with Crippen LogP contribution in [0.5, 0.6) is 0 Å². The molecule has 21 heavy (non-hydrogen) atoms. The molecule has 2 rings (SSSR count). The van der Waals surface area contributed by atoms with E-state index >= 15 is 0 Å². The van der Waals surface area contributed by atoms with Crippen LogP contribution in [-0.4, -0.2) is 29.4 Å². The van der Waals surface area contributed by atoms with Crippen LogP contribution in [0.2, 0.25) is 25.7 Å². The molecular weight excluding hydrogens is 302 g/mol. The van der Waals surface area contributed by atoms with Crippen LogP contribution < -0.4 is 0 Å². The van der Waals surface area contributed by atoms with Gasteiger partial charge in [0.25, 0.3) is 0 Å². The molecule has 4 nitrogen and oxygen atoms in total. The first-order valence-electron chi connectivity index (χ1n) is 7.12. The van der Waals surface area contributed by atoms with Gasteiger partial charge in [-0.2, -0.15) is 0 Å². The molecule has 114 valence electrons. The molecule has 0 radical (unpaired) electrons. The van der Waals surface area contributed by atoms with Crippen LogP contribution in [0.1, 0.15) is 5.82 Å². The minimum atomic E-state index is -1.07. The first kappa shape index (κ1) is 16.2. The Morgan fingerprint density at radius 1 is 1.14 bits per heavy atom. The molecular formula is C15H22ClN3OSi. The Labute approximate surface area is 132 Å². The summed E-state index contributed by atoms with van der Waals surface area (Å²) in [5.74, 6) is 1.87. The van der Waals surface area contributed by atoms with E-state index in [2.05, 4.69) is 29.8 Å². The van der Waals surface area contributed by atoms with Gasteiger partial charge in [-0.15, -0.1) is 21.8 Å². The number of rotatable bonds is 7. The summed E-state index contributed by atoms with van der Waals surface area (Å²) in [5, 5.41) is 8.39. The lowest BCUT2D eigenvalue weighted by Crippen LogP contribution is -2.22. The quantitative estimate of drug-likeness (QED) is 0.439. The summed E-state index contributed by atoms with van der Waals surface area (Å²) < 4.78 is 7.77. The Morgan fingerprint density at radius 3 is 2.48 bits per heavy atom. The molecule has 0 spiro atoms. The molecule has 2 aromatic rings. The lowest BCUT2D eigenvalue weighted by atomic mass is 10.2. The predicted molar refractivity (Wildman–Crippen MR) is 89.1 cm³/mol. The molecule has 0 unspecified atom stereocenters. The smallest absolute Gasteiger partial charge is 0.165 e. The number of ether oxygens (including phenoxy) is 1. The Hall–Kier alpha value is -1.17. The molecule has 0 bridgehead atoms. The largest absolute Gasteiger partial charge is 0.361 e. The molecule has 0 N–H and O–H groups in total. The van der Waals surface area contributed by atoms with Gasteiger partial charge in [-0.05, 0) is 6.04 Å². The molecule has 0 saturated heterocycles. The highest BCUT2D eigenvalue weighted by molar-refractivity contribution is 6.76. The molecule has 0 aliphatic rings. The molecule has 0 atom stereocenters. The second kappa shape index (κ2) is 7.20. The number of alkyl halides is 1. The zero-order valence-electron chi connectivity index (χ0n) is 12.8. The van der Waals surface area contributed by atoms with Crippen molar-refractivity contribution in [1.29, 1.82) is 0 Å². The van der Waals surface area contributed by atoms with Crippen molar-refractivity contribution < 1.29 is 4.74 Å². The maximum Gasteiger partial charge on any atom is 0.165 e. The van der Waals surface area contributed by atoms with Crippen molar-refractivity contribution in [3.63, 3.8) is 0 Å². The van der Waals surface area contributed by atoms with Crippen LogP contribution in [0.25, 0.3) is 11.4 Å². The summed E-state index contributed by atoms with van der Waals surface area (Å²) >= 11 is 5.95. The van der Waals surface area contributed by atoms with E-state index in [4.69, 9.17) is 16.3 Å². The van der Waals surface area contributed by atoms with Gasteiger partial charge in [-0.1, -0.05) is 50.0 Å². The van der Waals surface area contributed by atoms with E-state index in [0.717, 1.165) is 29.9 Å². The number of aromatic nitrogens is 3. The van der Waals surface area contributed by atoms with E-state index in [9.17, 15) is 0 Å². The molecule has 0 saturated carbocycles. The van der Waals surface area contributed by atoms with Crippen molar-refractivity contribution in [2.75, 3.05) is 6.61 Å². The van der Waals surface area contributed by atoms with Crippen LogP contribution in [0.15, 0.2) is 30.3 Å². The van der Waals surface area contributed by atoms with Gasteiger partial charge < -0.3 is 4.74 Å². The highest BCUT2D eigenvalue weighted by Gasteiger charge is 2.15. The lowest BCUT2D eigenvalue weighted by molar-refractivity contribution is 0.0865. The van der Waals surface area contributed by atoms with E-state index in [1.807, 2.05) is 34.9 Å². The van der Waals surface area contributed by atoms with E-state index in [-0.39, 0.29) is 0 Å². The van der Waals surface area contributed by atoms with Gasteiger partial charge in [-0.25, -0.2) is 0 Å². The zero-order valence-corrected chi connectivity index (χ0v) is 14.6. The Bertz CT molecular complexity index is 566. The van der Waals surface area contributed by atoms with Gasteiger partial charge in [0.1, 0.15) is 12.6 Å². The molecule has 0 aliphatic heterocycles. The Morgan fingerprint density at radius 2 is 1.86 bits per heavy atom. The maximum absolute atomic E-state index is 5.95. The maximum atomic E-state index is 5.95. The fourth-order valence-corrected chi connectivity index (χ4v) is 2.86. The minimum absolute atomic E-state index is 0.331. The van der Waals surface area contributed by atoms with E-state index in [0.29, 0.717) is 12.6 Å². The monoisotopic (exact) mass is 323 g/mol. The number of hydrogen-bond donors (Lipinski definition) is 0. The summed E-state index contributed by atoms with van der Waals surface area (Å²) in [7, 11) is -1.07. The summed E-state index contributed by atoms with van der Waals surface area (Å²) in [4.78, 5) is 0. The van der Waals surface area contributed by atoms with Gasteiger partial charge in [0.2, 0.25) is 0 Å². The van der Waals surface area contributed by atoms with Crippen LogP contribution in [0.4, 0.5) is 0 Å². The Balaban J connectivity index is 2.09. The fourth-order valence-electron chi connectivity index (χ4n) is 1.90. The first-order valence-corrected chi connectivity index (χ1v) is 11.4. The van der Waals surface area contributed by atoms with Crippen molar-refractivity contribution in [1.82, 2.24) is 14.8 Å². The highest BCUT2D eigenvalue weighted by atomic mass is 35.5. The normalized spacial score (nSPS) is 11.8. The minimum Gasteiger partial charge on any atom is -0.361 e. The molecule has 1 aromatic carbocycles. The lowest BCUT2D eigenvalue weighted by Gasteiger charge is -2.16. The van der Waals surface area contributed by atoms with Gasteiger partial charge in [-0.3, -0.25) is 4.57 Å². The molecule has 0 amide bonds. The van der Waals surface area contributed by atoms with Gasteiger partial charge in [0, 0.05) is 20.2 Å². The van der Waals surface area contributed by atoms with Crippen molar-refractivity contribution >= 4 is 19.7 Å².